The Bertz CT molecular complexity index is 396. The van der Waals surface area contributed by atoms with Crippen molar-refractivity contribution in [2.24, 2.45) is 11.8 Å². The van der Waals surface area contributed by atoms with Crippen molar-refractivity contribution in [3.63, 3.8) is 0 Å². The van der Waals surface area contributed by atoms with Crippen LogP contribution in [0.2, 0.25) is 0 Å². The minimum Gasteiger partial charge on any atom is -0.339 e. The highest BCUT2D eigenvalue weighted by atomic mass is 16.2. The first-order chi connectivity index (χ1) is 9.20. The lowest BCUT2D eigenvalue weighted by Crippen LogP contribution is -2.70. The fraction of sp³-hybridized carbons (Fsp3) is 0.938. The monoisotopic (exact) mass is 262 g/mol. The van der Waals surface area contributed by atoms with Crippen LogP contribution in [0.15, 0.2) is 0 Å². The predicted molar refractivity (Wildman–Crippen MR) is 74.8 cm³/mol. The van der Waals surface area contributed by atoms with Gasteiger partial charge in [-0.3, -0.25) is 9.69 Å². The maximum atomic E-state index is 12.9. The van der Waals surface area contributed by atoms with Gasteiger partial charge in [-0.1, -0.05) is 6.42 Å². The topological polar surface area (TPSA) is 23.6 Å². The first-order valence-corrected chi connectivity index (χ1v) is 8.26. The second-order valence-corrected chi connectivity index (χ2v) is 7.40. The van der Waals surface area contributed by atoms with Crippen molar-refractivity contribution in [2.45, 2.75) is 63.5 Å². The first kappa shape index (κ1) is 12.2. The summed E-state index contributed by atoms with van der Waals surface area (Å²) in [5.41, 5.74) is 0.175. The molecule has 4 unspecified atom stereocenters. The molecule has 0 spiro atoms. The van der Waals surface area contributed by atoms with Crippen LogP contribution in [-0.2, 0) is 4.79 Å². The van der Waals surface area contributed by atoms with E-state index in [2.05, 4.69) is 16.7 Å². The molecule has 1 amide bonds. The Morgan fingerprint density at radius 3 is 2.89 bits per heavy atom. The first-order valence-electron chi connectivity index (χ1n) is 8.26. The number of rotatable bonds is 0. The van der Waals surface area contributed by atoms with Gasteiger partial charge in [-0.05, 0) is 57.9 Å². The molecule has 4 aliphatic rings. The molecule has 4 heterocycles. The summed E-state index contributed by atoms with van der Waals surface area (Å²) in [6.45, 7) is 5.88. The quantitative estimate of drug-likeness (QED) is 0.668. The van der Waals surface area contributed by atoms with Gasteiger partial charge in [0.15, 0.2) is 0 Å². The molecule has 4 aliphatic heterocycles. The van der Waals surface area contributed by atoms with Crippen molar-refractivity contribution >= 4 is 5.91 Å². The second kappa shape index (κ2) is 4.21. The molecule has 0 saturated carbocycles. The van der Waals surface area contributed by atoms with Gasteiger partial charge in [-0.25, -0.2) is 0 Å². The van der Waals surface area contributed by atoms with Crippen molar-refractivity contribution in [1.29, 1.82) is 0 Å². The molecule has 4 atom stereocenters. The summed E-state index contributed by atoms with van der Waals surface area (Å²) >= 11 is 0. The van der Waals surface area contributed by atoms with Crippen LogP contribution < -0.4 is 0 Å². The Kier molecular flexibility index (Phi) is 2.70. The smallest absolute Gasteiger partial charge is 0.227 e. The lowest BCUT2D eigenvalue weighted by Gasteiger charge is -2.61. The third kappa shape index (κ3) is 1.63. The molecular formula is C16H26N2O. The van der Waals surface area contributed by atoms with E-state index in [1.54, 1.807) is 0 Å². The number of amides is 1. The number of fused-ring (bicyclic) bond motifs is 6. The molecule has 2 bridgehead atoms. The molecule has 0 aromatic heterocycles. The van der Waals surface area contributed by atoms with Crippen LogP contribution in [0.4, 0.5) is 0 Å². The Labute approximate surface area is 116 Å². The van der Waals surface area contributed by atoms with Crippen molar-refractivity contribution in [3.8, 4) is 0 Å². The molecule has 4 rings (SSSR count). The number of nitrogens with zero attached hydrogens (tertiary/aromatic N) is 2. The maximum absolute atomic E-state index is 12.9. The fourth-order valence-electron chi connectivity index (χ4n) is 5.37. The number of hydrogen-bond acceptors (Lipinski definition) is 2. The summed E-state index contributed by atoms with van der Waals surface area (Å²) in [6, 6.07) is 0.573. The molecule has 3 heteroatoms. The zero-order chi connectivity index (χ0) is 13.0. The largest absolute Gasteiger partial charge is 0.339 e. The summed E-state index contributed by atoms with van der Waals surface area (Å²) in [6.07, 6.45) is 8.85. The van der Waals surface area contributed by atoms with E-state index in [9.17, 15) is 4.79 Å². The lowest BCUT2D eigenvalue weighted by atomic mass is 9.64. The number of carbonyl (C=O) groups excluding carboxylic acids is 1. The predicted octanol–water partition coefficient (Wildman–Crippen LogP) is 2.26. The highest BCUT2D eigenvalue weighted by Crippen LogP contribution is 2.48. The van der Waals surface area contributed by atoms with Gasteiger partial charge in [0.1, 0.15) is 0 Å². The zero-order valence-corrected chi connectivity index (χ0v) is 12.1. The van der Waals surface area contributed by atoms with E-state index in [0.717, 1.165) is 12.5 Å². The van der Waals surface area contributed by atoms with Crippen molar-refractivity contribution in [2.75, 3.05) is 19.6 Å². The fourth-order valence-corrected chi connectivity index (χ4v) is 5.37. The van der Waals surface area contributed by atoms with E-state index >= 15 is 0 Å². The minimum absolute atomic E-state index is 0.175. The molecule has 4 fully saturated rings. The van der Waals surface area contributed by atoms with E-state index in [4.69, 9.17) is 0 Å². The zero-order valence-electron chi connectivity index (χ0n) is 12.1. The van der Waals surface area contributed by atoms with E-state index in [1.807, 2.05) is 0 Å². The van der Waals surface area contributed by atoms with Crippen molar-refractivity contribution < 1.29 is 4.79 Å². The molecular weight excluding hydrogens is 236 g/mol. The van der Waals surface area contributed by atoms with E-state index < -0.39 is 0 Å². The third-order valence-corrected chi connectivity index (χ3v) is 6.50. The van der Waals surface area contributed by atoms with Gasteiger partial charge in [-0.2, -0.15) is 0 Å². The Hall–Kier alpha value is -0.570. The van der Waals surface area contributed by atoms with Gasteiger partial charge < -0.3 is 4.90 Å². The number of carbonyl (C=O) groups is 1. The number of piperidine rings is 4. The maximum Gasteiger partial charge on any atom is 0.227 e. The summed E-state index contributed by atoms with van der Waals surface area (Å²) < 4.78 is 0. The van der Waals surface area contributed by atoms with E-state index in [1.165, 1.54) is 58.0 Å². The van der Waals surface area contributed by atoms with Crippen LogP contribution >= 0.6 is 0 Å². The lowest BCUT2D eigenvalue weighted by molar-refractivity contribution is -0.168. The minimum atomic E-state index is 0.175. The summed E-state index contributed by atoms with van der Waals surface area (Å²) in [4.78, 5) is 17.9. The summed E-state index contributed by atoms with van der Waals surface area (Å²) in [5, 5.41) is 0. The average molecular weight is 262 g/mol. The van der Waals surface area contributed by atoms with Crippen LogP contribution in [0.25, 0.3) is 0 Å². The molecule has 0 aliphatic carbocycles. The van der Waals surface area contributed by atoms with Gasteiger partial charge in [0.25, 0.3) is 0 Å². The Morgan fingerprint density at radius 2 is 2.00 bits per heavy atom. The molecule has 106 valence electrons. The van der Waals surface area contributed by atoms with Gasteiger partial charge >= 0.3 is 0 Å². The Morgan fingerprint density at radius 1 is 1.16 bits per heavy atom. The van der Waals surface area contributed by atoms with Crippen LogP contribution in [0.5, 0.6) is 0 Å². The Balaban J connectivity index is 1.69. The summed E-state index contributed by atoms with van der Waals surface area (Å²) in [7, 11) is 0. The molecule has 0 aromatic carbocycles. The number of hydrogen-bond donors (Lipinski definition) is 0. The molecule has 0 radical (unpaired) electrons. The van der Waals surface area contributed by atoms with Crippen LogP contribution in [0.3, 0.4) is 0 Å². The van der Waals surface area contributed by atoms with Gasteiger partial charge in [0.05, 0.1) is 5.92 Å². The molecule has 4 saturated heterocycles. The van der Waals surface area contributed by atoms with Crippen LogP contribution in [0, 0.1) is 11.8 Å². The summed E-state index contributed by atoms with van der Waals surface area (Å²) in [5.74, 6) is 1.55. The molecule has 19 heavy (non-hydrogen) atoms. The van der Waals surface area contributed by atoms with Crippen LogP contribution in [-0.4, -0.2) is 46.9 Å². The second-order valence-electron chi connectivity index (χ2n) is 7.40. The highest BCUT2D eigenvalue weighted by Gasteiger charge is 2.56. The molecule has 0 N–H and O–H groups in total. The van der Waals surface area contributed by atoms with Gasteiger partial charge in [-0.15, -0.1) is 0 Å². The van der Waals surface area contributed by atoms with Gasteiger partial charge in [0, 0.05) is 24.7 Å². The SMILES string of the molecule is CC12CCCCN1CC1CC2C(=O)N2CCCCC12. The molecule has 0 aromatic rings. The van der Waals surface area contributed by atoms with Gasteiger partial charge in [0.2, 0.25) is 5.91 Å². The third-order valence-electron chi connectivity index (χ3n) is 6.50. The van der Waals surface area contributed by atoms with E-state index in [-0.39, 0.29) is 5.54 Å². The normalized spacial score (nSPS) is 46.7. The van der Waals surface area contributed by atoms with Crippen molar-refractivity contribution in [3.05, 3.63) is 0 Å². The van der Waals surface area contributed by atoms with Crippen molar-refractivity contribution in [1.82, 2.24) is 9.80 Å². The van der Waals surface area contributed by atoms with E-state index in [0.29, 0.717) is 17.9 Å². The standard InChI is InChI=1S/C16H26N2O/c1-16-7-3-5-8-17(16)11-12-10-13(16)15(19)18-9-4-2-6-14(12)18/h12-14H,2-11H2,1H3. The average Bonchev–Trinajstić information content (AvgIpc) is 2.44. The molecule has 3 nitrogen and oxygen atoms in total. The van der Waals surface area contributed by atoms with Crippen LogP contribution in [0.1, 0.15) is 51.9 Å². The highest BCUT2D eigenvalue weighted by molar-refractivity contribution is 5.82.